The van der Waals surface area contributed by atoms with E-state index in [9.17, 15) is 14.4 Å². The van der Waals surface area contributed by atoms with Crippen LogP contribution in [0.3, 0.4) is 0 Å². The van der Waals surface area contributed by atoms with Crippen LogP contribution in [0.2, 0.25) is 10.0 Å². The molecule has 2 spiro atoms. The first-order valence-electron chi connectivity index (χ1n) is 17.7. The standard InChI is InChI=1S/C40H38Cl2N6O4/c1-52-37-25(18-47-22-40(23-47)15-13-34(50)45-40)9-11-31(43-37)30-6-2-4-28(35(30)41)29-5-3-7-32(36(29)42)48-19-26-16-24(8-10-27(26)38(48)51)17-46-20-39(21-46)14-12-33(49)44-39/h2-11,16H,12-15,17-23H2,1H3,(H,44,49)(H,45,50). The fraction of sp³-hybridized carbons (Fsp3) is 0.350. The number of hydrogen-bond acceptors (Lipinski definition) is 7. The van der Waals surface area contributed by atoms with E-state index in [2.05, 4.69) is 26.5 Å². The molecule has 4 fully saturated rings. The molecule has 4 aromatic rings. The van der Waals surface area contributed by atoms with Crippen LogP contribution in [-0.2, 0) is 29.2 Å². The van der Waals surface area contributed by atoms with Crippen molar-refractivity contribution in [3.8, 4) is 28.3 Å². The molecule has 5 aliphatic rings. The highest BCUT2D eigenvalue weighted by Crippen LogP contribution is 2.44. The highest BCUT2D eigenvalue weighted by molar-refractivity contribution is 6.39. The van der Waals surface area contributed by atoms with E-state index >= 15 is 0 Å². The maximum absolute atomic E-state index is 13.7. The van der Waals surface area contributed by atoms with Crippen LogP contribution in [0.5, 0.6) is 5.88 Å². The lowest BCUT2D eigenvalue weighted by Crippen LogP contribution is -2.66. The number of nitrogens with zero attached hydrogens (tertiary/aromatic N) is 4. The second-order valence-corrected chi connectivity index (χ2v) is 15.8. The summed E-state index contributed by atoms with van der Waals surface area (Å²) in [7, 11) is 1.62. The summed E-state index contributed by atoms with van der Waals surface area (Å²) in [5.41, 5.74) is 7.09. The third-order valence-electron chi connectivity index (χ3n) is 11.3. The zero-order valence-corrected chi connectivity index (χ0v) is 30.3. The van der Waals surface area contributed by atoms with E-state index in [0.717, 1.165) is 78.9 Å². The number of hydrogen-bond donors (Lipinski definition) is 2. The second-order valence-electron chi connectivity index (χ2n) is 15.0. The maximum Gasteiger partial charge on any atom is 0.258 e. The predicted octanol–water partition coefficient (Wildman–Crippen LogP) is 5.82. The van der Waals surface area contributed by atoms with Gasteiger partial charge in [-0.15, -0.1) is 0 Å². The zero-order valence-electron chi connectivity index (χ0n) is 28.8. The number of likely N-dealkylation sites (tertiary alicyclic amines) is 2. The van der Waals surface area contributed by atoms with Crippen LogP contribution in [0.1, 0.15) is 52.7 Å². The van der Waals surface area contributed by atoms with Gasteiger partial charge in [-0.05, 0) is 42.2 Å². The highest BCUT2D eigenvalue weighted by Gasteiger charge is 2.48. The van der Waals surface area contributed by atoms with Gasteiger partial charge in [0.1, 0.15) is 0 Å². The van der Waals surface area contributed by atoms with Gasteiger partial charge in [0.2, 0.25) is 17.7 Å². The lowest BCUT2D eigenvalue weighted by atomic mass is 9.88. The average Bonchev–Trinajstić information content (AvgIpc) is 3.79. The molecule has 6 heterocycles. The Morgan fingerprint density at radius 3 is 2.04 bits per heavy atom. The highest BCUT2D eigenvalue weighted by atomic mass is 35.5. The van der Waals surface area contributed by atoms with Crippen LogP contribution in [0.4, 0.5) is 5.69 Å². The molecule has 10 nitrogen and oxygen atoms in total. The van der Waals surface area contributed by atoms with Crippen molar-refractivity contribution in [2.24, 2.45) is 0 Å². The Bertz CT molecular complexity index is 2160. The first-order valence-corrected chi connectivity index (χ1v) is 18.5. The van der Waals surface area contributed by atoms with Crippen molar-refractivity contribution in [2.75, 3.05) is 38.2 Å². The first-order chi connectivity index (χ1) is 25.1. The topological polar surface area (TPSA) is 107 Å². The molecule has 12 heteroatoms. The molecule has 3 aromatic carbocycles. The fourth-order valence-corrected chi connectivity index (χ4v) is 9.48. The molecule has 0 aliphatic carbocycles. The van der Waals surface area contributed by atoms with Crippen molar-refractivity contribution >= 4 is 46.6 Å². The van der Waals surface area contributed by atoms with Gasteiger partial charge in [-0.3, -0.25) is 24.2 Å². The lowest BCUT2D eigenvalue weighted by molar-refractivity contribution is -0.121. The third kappa shape index (κ3) is 5.73. The fourth-order valence-electron chi connectivity index (χ4n) is 8.82. The predicted molar refractivity (Wildman–Crippen MR) is 199 cm³/mol. The van der Waals surface area contributed by atoms with Gasteiger partial charge in [0.25, 0.3) is 5.91 Å². The third-order valence-corrected chi connectivity index (χ3v) is 12.1. The van der Waals surface area contributed by atoms with E-state index in [1.54, 1.807) is 12.0 Å². The SMILES string of the molecule is COc1nc(-c2cccc(-c3cccc(N4Cc5cc(CN6CC7(CCC(=O)N7)C6)ccc5C4=O)c3Cl)c2Cl)ccc1CN1CC2(CCC(=O)N2)C1. The first kappa shape index (κ1) is 33.4. The normalized spacial score (nSPS) is 20.2. The number of halogens is 2. The number of amides is 3. The molecule has 0 saturated carbocycles. The molecule has 5 aliphatic heterocycles. The number of carbonyl (C=O) groups excluding carboxylic acids is 3. The van der Waals surface area contributed by atoms with Gasteiger partial charge in [-0.1, -0.05) is 71.7 Å². The number of anilines is 1. The number of benzene rings is 3. The Kier molecular flexibility index (Phi) is 8.07. The Hall–Kier alpha value is -4.48. The maximum atomic E-state index is 13.7. The largest absolute Gasteiger partial charge is 0.481 e. The molecule has 2 N–H and O–H groups in total. The van der Waals surface area contributed by atoms with Gasteiger partial charge < -0.3 is 20.3 Å². The van der Waals surface area contributed by atoms with Gasteiger partial charge in [-0.25, -0.2) is 4.98 Å². The van der Waals surface area contributed by atoms with Gasteiger partial charge in [0, 0.05) is 79.9 Å². The summed E-state index contributed by atoms with van der Waals surface area (Å²) in [4.78, 5) is 48.4. The molecule has 0 bridgehead atoms. The van der Waals surface area contributed by atoms with Crippen molar-refractivity contribution in [3.05, 3.63) is 99.0 Å². The minimum absolute atomic E-state index is 0.0610. The molecule has 52 heavy (non-hydrogen) atoms. The van der Waals surface area contributed by atoms with Crippen LogP contribution < -0.4 is 20.3 Å². The quantitative estimate of drug-likeness (QED) is 0.235. The van der Waals surface area contributed by atoms with E-state index in [4.69, 9.17) is 32.9 Å². The number of carbonyl (C=O) groups is 3. The van der Waals surface area contributed by atoms with Crippen molar-refractivity contribution in [3.63, 3.8) is 0 Å². The molecule has 9 rings (SSSR count). The number of ether oxygens (including phenoxy) is 1. The Balaban J connectivity index is 0.922. The summed E-state index contributed by atoms with van der Waals surface area (Å²) in [5, 5.41) is 7.22. The summed E-state index contributed by atoms with van der Waals surface area (Å²) in [6.07, 6.45) is 2.98. The molecule has 1 aromatic heterocycles. The summed E-state index contributed by atoms with van der Waals surface area (Å²) >= 11 is 14.3. The molecule has 4 saturated heterocycles. The minimum Gasteiger partial charge on any atom is -0.481 e. The summed E-state index contributed by atoms with van der Waals surface area (Å²) in [5.74, 6) is 0.719. The molecule has 266 valence electrons. The monoisotopic (exact) mass is 736 g/mol. The summed E-state index contributed by atoms with van der Waals surface area (Å²) in [6.45, 7) is 5.19. The number of rotatable bonds is 8. The Morgan fingerprint density at radius 2 is 1.38 bits per heavy atom. The van der Waals surface area contributed by atoms with Crippen molar-refractivity contribution in [1.82, 2.24) is 25.4 Å². The average molecular weight is 738 g/mol. The van der Waals surface area contributed by atoms with E-state index in [0.29, 0.717) is 58.8 Å². The summed E-state index contributed by atoms with van der Waals surface area (Å²) < 4.78 is 5.73. The number of methoxy groups -OCH3 is 1. The summed E-state index contributed by atoms with van der Waals surface area (Å²) in [6, 6.07) is 21.5. The van der Waals surface area contributed by atoms with Gasteiger partial charge in [0.15, 0.2) is 0 Å². The number of nitrogens with one attached hydrogen (secondary N) is 2. The minimum atomic E-state index is -0.0882. The van der Waals surface area contributed by atoms with Crippen molar-refractivity contribution in [2.45, 2.75) is 56.4 Å². The zero-order chi connectivity index (χ0) is 35.8. The molecule has 0 radical (unpaired) electrons. The molecular weight excluding hydrogens is 699 g/mol. The smallest absolute Gasteiger partial charge is 0.258 e. The van der Waals surface area contributed by atoms with E-state index in [-0.39, 0.29) is 28.8 Å². The van der Waals surface area contributed by atoms with Crippen LogP contribution in [0, 0.1) is 0 Å². The van der Waals surface area contributed by atoms with Crippen LogP contribution >= 0.6 is 23.2 Å². The number of aromatic nitrogens is 1. The van der Waals surface area contributed by atoms with Crippen LogP contribution in [0.15, 0.2) is 66.7 Å². The van der Waals surface area contributed by atoms with E-state index in [1.165, 1.54) is 0 Å². The van der Waals surface area contributed by atoms with E-state index in [1.807, 2.05) is 60.7 Å². The second kappa shape index (κ2) is 12.6. The number of pyridine rings is 1. The molecule has 3 amide bonds. The Morgan fingerprint density at radius 1 is 0.750 bits per heavy atom. The Labute approximate surface area is 312 Å². The lowest BCUT2D eigenvalue weighted by Gasteiger charge is -2.48. The van der Waals surface area contributed by atoms with Crippen molar-refractivity contribution < 1.29 is 19.1 Å². The van der Waals surface area contributed by atoms with Crippen LogP contribution in [-0.4, -0.2) is 76.9 Å². The van der Waals surface area contributed by atoms with Crippen LogP contribution in [0.25, 0.3) is 22.4 Å². The molecule has 0 unspecified atom stereocenters. The molecule has 0 atom stereocenters. The van der Waals surface area contributed by atoms with Gasteiger partial charge >= 0.3 is 0 Å². The van der Waals surface area contributed by atoms with Crippen molar-refractivity contribution in [1.29, 1.82) is 0 Å². The van der Waals surface area contributed by atoms with E-state index < -0.39 is 0 Å². The van der Waals surface area contributed by atoms with Gasteiger partial charge in [0.05, 0.1) is 46.2 Å². The van der Waals surface area contributed by atoms with Gasteiger partial charge in [-0.2, -0.15) is 0 Å². The molecular formula is C40H38Cl2N6O4. The number of fused-ring (bicyclic) bond motifs is 1.